The van der Waals surface area contributed by atoms with Crippen LogP contribution >= 0.6 is 0 Å². The van der Waals surface area contributed by atoms with Crippen LogP contribution in [-0.2, 0) is 11.2 Å². The molecule has 1 fully saturated rings. The smallest absolute Gasteiger partial charge is 0.147 e. The second kappa shape index (κ2) is 10.9. The van der Waals surface area contributed by atoms with Gasteiger partial charge < -0.3 is 16.2 Å². The third-order valence-corrected chi connectivity index (χ3v) is 5.39. The first-order valence-corrected chi connectivity index (χ1v) is 10.6. The molecule has 1 aromatic heterocycles. The predicted octanol–water partition coefficient (Wildman–Crippen LogP) is 6.20. The van der Waals surface area contributed by atoms with Crippen LogP contribution in [0.4, 0.5) is 0 Å². The average Bonchev–Trinajstić information content (AvgIpc) is 2.73. The van der Waals surface area contributed by atoms with Crippen LogP contribution in [0.2, 0.25) is 0 Å². The SMILES string of the molecule is CC.CCc1cc(C2=CNC(OC3CCC3)C=C2)ccc1-c1cnccc1C.N. The molecule has 1 aliphatic heterocycles. The molecule has 4 nitrogen and oxygen atoms in total. The number of rotatable bonds is 5. The van der Waals surface area contributed by atoms with Crippen LogP contribution in [0, 0.1) is 6.92 Å². The van der Waals surface area contributed by atoms with Crippen LogP contribution in [-0.4, -0.2) is 17.3 Å². The van der Waals surface area contributed by atoms with Gasteiger partial charge in [-0.25, -0.2) is 0 Å². The van der Waals surface area contributed by atoms with Crippen molar-refractivity contribution in [2.75, 3.05) is 0 Å². The zero-order chi connectivity index (χ0) is 19.9. The summed E-state index contributed by atoms with van der Waals surface area (Å²) in [5, 5.41) is 3.38. The fourth-order valence-electron chi connectivity index (χ4n) is 3.52. The summed E-state index contributed by atoms with van der Waals surface area (Å²) in [6, 6.07) is 8.80. The third kappa shape index (κ3) is 5.34. The van der Waals surface area contributed by atoms with E-state index < -0.39 is 0 Å². The first-order chi connectivity index (χ1) is 13.7. The molecule has 156 valence electrons. The van der Waals surface area contributed by atoms with Crippen molar-refractivity contribution in [2.45, 2.75) is 65.7 Å². The lowest BCUT2D eigenvalue weighted by atomic mass is 9.92. The Balaban J connectivity index is 0.000000970. The van der Waals surface area contributed by atoms with Crippen molar-refractivity contribution >= 4 is 5.57 Å². The molecule has 1 unspecified atom stereocenters. The van der Waals surface area contributed by atoms with Gasteiger partial charge in [0.15, 0.2) is 0 Å². The lowest BCUT2D eigenvalue weighted by Crippen LogP contribution is -2.35. The zero-order valence-corrected chi connectivity index (χ0v) is 18.2. The minimum Gasteiger partial charge on any atom is -0.362 e. The molecule has 1 aromatic carbocycles. The maximum Gasteiger partial charge on any atom is 0.147 e. The van der Waals surface area contributed by atoms with Gasteiger partial charge in [-0.05, 0) is 72.6 Å². The topological polar surface area (TPSA) is 69.2 Å². The fraction of sp³-hybridized carbons (Fsp3) is 0.400. The van der Waals surface area contributed by atoms with Gasteiger partial charge in [0.25, 0.3) is 0 Å². The van der Waals surface area contributed by atoms with Crippen molar-refractivity contribution in [3.05, 3.63) is 71.7 Å². The molecule has 0 amide bonds. The first-order valence-electron chi connectivity index (χ1n) is 10.6. The average molecular weight is 394 g/mol. The molecule has 4 heteroatoms. The van der Waals surface area contributed by atoms with E-state index in [0.29, 0.717) is 6.10 Å². The Bertz CT molecular complexity index is 853. The number of hydrogen-bond acceptors (Lipinski definition) is 4. The predicted molar refractivity (Wildman–Crippen MR) is 123 cm³/mol. The van der Waals surface area contributed by atoms with Gasteiger partial charge in [0.2, 0.25) is 0 Å². The number of nitrogens with zero attached hydrogens (tertiary/aromatic N) is 1. The summed E-state index contributed by atoms with van der Waals surface area (Å²) < 4.78 is 6.00. The first kappa shape index (κ1) is 22.9. The van der Waals surface area contributed by atoms with Gasteiger partial charge in [0, 0.05) is 24.2 Å². The second-order valence-electron chi connectivity index (χ2n) is 7.15. The van der Waals surface area contributed by atoms with E-state index in [1.165, 1.54) is 52.7 Å². The highest BCUT2D eigenvalue weighted by molar-refractivity contribution is 5.78. The largest absolute Gasteiger partial charge is 0.362 e. The van der Waals surface area contributed by atoms with Crippen LogP contribution in [0.5, 0.6) is 0 Å². The van der Waals surface area contributed by atoms with Gasteiger partial charge in [0.05, 0.1) is 6.10 Å². The van der Waals surface area contributed by atoms with Crippen molar-refractivity contribution in [3.8, 4) is 11.1 Å². The summed E-state index contributed by atoms with van der Waals surface area (Å²) in [6.45, 7) is 8.35. The molecular weight excluding hydrogens is 358 g/mol. The Morgan fingerprint density at radius 1 is 1.14 bits per heavy atom. The Kier molecular flexibility index (Phi) is 8.62. The van der Waals surface area contributed by atoms with Gasteiger partial charge in [-0.2, -0.15) is 0 Å². The number of aromatic nitrogens is 1. The zero-order valence-electron chi connectivity index (χ0n) is 18.2. The lowest BCUT2D eigenvalue weighted by Gasteiger charge is -2.30. The Labute approximate surface area is 175 Å². The van der Waals surface area contributed by atoms with Crippen molar-refractivity contribution in [2.24, 2.45) is 0 Å². The number of aryl methyl sites for hydroxylation is 2. The summed E-state index contributed by atoms with van der Waals surface area (Å²) in [5.74, 6) is 0. The van der Waals surface area contributed by atoms with Crippen molar-refractivity contribution in [1.29, 1.82) is 0 Å². The number of allylic oxidation sites excluding steroid dienone is 2. The van der Waals surface area contributed by atoms with E-state index in [0.717, 1.165) is 6.42 Å². The molecule has 2 aliphatic rings. The number of benzene rings is 1. The van der Waals surface area contributed by atoms with Crippen molar-refractivity contribution < 1.29 is 4.74 Å². The van der Waals surface area contributed by atoms with Gasteiger partial charge in [0.1, 0.15) is 6.23 Å². The maximum absolute atomic E-state index is 6.00. The molecule has 4 N–H and O–H groups in total. The summed E-state index contributed by atoms with van der Waals surface area (Å²) >= 11 is 0. The summed E-state index contributed by atoms with van der Waals surface area (Å²) in [7, 11) is 0. The van der Waals surface area contributed by atoms with E-state index in [1.807, 2.05) is 26.2 Å². The molecule has 0 spiro atoms. The highest BCUT2D eigenvalue weighted by Gasteiger charge is 2.22. The lowest BCUT2D eigenvalue weighted by molar-refractivity contribution is -0.0387. The number of pyridine rings is 1. The highest BCUT2D eigenvalue weighted by atomic mass is 16.5. The van der Waals surface area contributed by atoms with Crippen LogP contribution in [0.15, 0.2) is 55.0 Å². The van der Waals surface area contributed by atoms with Gasteiger partial charge in [-0.1, -0.05) is 45.0 Å². The van der Waals surface area contributed by atoms with Gasteiger partial charge in [-0.15, -0.1) is 0 Å². The molecule has 29 heavy (non-hydrogen) atoms. The van der Waals surface area contributed by atoms with E-state index in [4.69, 9.17) is 4.74 Å². The summed E-state index contributed by atoms with van der Waals surface area (Å²) in [5.41, 5.74) is 7.54. The summed E-state index contributed by atoms with van der Waals surface area (Å²) in [4.78, 5) is 4.31. The quantitative estimate of drug-likeness (QED) is 0.634. The molecule has 2 heterocycles. The minimum atomic E-state index is 0. The molecule has 1 saturated carbocycles. The number of hydrogen-bond donors (Lipinski definition) is 2. The van der Waals surface area contributed by atoms with Gasteiger partial charge in [-0.3, -0.25) is 4.98 Å². The number of nitrogens with one attached hydrogen (secondary N) is 1. The minimum absolute atomic E-state index is 0. The second-order valence-corrected chi connectivity index (χ2v) is 7.15. The molecule has 1 atom stereocenters. The number of dihydropyridines is 1. The molecule has 0 radical (unpaired) electrons. The van der Waals surface area contributed by atoms with Crippen molar-refractivity contribution in [3.63, 3.8) is 0 Å². The Morgan fingerprint density at radius 3 is 2.52 bits per heavy atom. The molecule has 4 rings (SSSR count). The Morgan fingerprint density at radius 2 is 1.93 bits per heavy atom. The van der Waals surface area contributed by atoms with E-state index in [-0.39, 0.29) is 12.4 Å². The molecule has 0 bridgehead atoms. The molecule has 2 aromatic rings. The standard InChI is InChI=1S/C23H26N2O.C2H6.H3N/c1-3-17-13-18(7-9-21(17)22-15-24-12-11-16(22)2)19-8-10-23(25-14-19)26-20-5-4-6-20;1-2;/h7-15,20,23,25H,3-6H2,1-2H3;1-2H3;1H3. The van der Waals surface area contributed by atoms with E-state index in [1.54, 1.807) is 0 Å². The van der Waals surface area contributed by atoms with Crippen molar-refractivity contribution in [1.82, 2.24) is 16.5 Å². The maximum atomic E-state index is 6.00. The van der Waals surface area contributed by atoms with E-state index in [2.05, 4.69) is 66.8 Å². The summed E-state index contributed by atoms with van der Waals surface area (Å²) in [6.07, 6.45) is 15.3. The van der Waals surface area contributed by atoms with E-state index >= 15 is 0 Å². The van der Waals surface area contributed by atoms with E-state index in [9.17, 15) is 0 Å². The highest BCUT2D eigenvalue weighted by Crippen LogP contribution is 2.30. The molecule has 0 saturated heterocycles. The van der Waals surface area contributed by atoms with Crippen LogP contribution in [0.1, 0.15) is 56.7 Å². The monoisotopic (exact) mass is 393 g/mol. The number of ether oxygens (including phenoxy) is 1. The third-order valence-electron chi connectivity index (χ3n) is 5.39. The molecular formula is C25H35N3O. The normalized spacial score (nSPS) is 17.8. The van der Waals surface area contributed by atoms with Crippen LogP contribution in [0.3, 0.4) is 0 Å². The van der Waals surface area contributed by atoms with Gasteiger partial charge >= 0.3 is 0 Å². The van der Waals surface area contributed by atoms with Crippen LogP contribution in [0.25, 0.3) is 16.7 Å². The molecule has 1 aliphatic carbocycles. The van der Waals surface area contributed by atoms with Crippen LogP contribution < -0.4 is 11.5 Å². The Hall–Kier alpha value is -2.43. The fourth-order valence-corrected chi connectivity index (χ4v) is 3.52.